The van der Waals surface area contributed by atoms with E-state index >= 15 is 0 Å². The first-order chi connectivity index (χ1) is 9.79. The number of anilines is 1. The molecule has 0 bridgehead atoms. The molecule has 1 aromatic heterocycles. The van der Waals surface area contributed by atoms with Gasteiger partial charge < -0.3 is 5.73 Å². The highest BCUT2D eigenvalue weighted by Gasteiger charge is 2.19. The molecule has 21 heavy (non-hydrogen) atoms. The summed E-state index contributed by atoms with van der Waals surface area (Å²) in [6, 6.07) is 3.27. The molecule has 0 aliphatic rings. The van der Waals surface area contributed by atoms with Gasteiger partial charge in [0.15, 0.2) is 0 Å². The average Bonchev–Trinajstić information content (AvgIpc) is 2.82. The Balaban J connectivity index is 2.19. The summed E-state index contributed by atoms with van der Waals surface area (Å²) in [7, 11) is -3.80. The molecule has 0 aliphatic carbocycles. The summed E-state index contributed by atoms with van der Waals surface area (Å²) in [5, 5.41) is 11.3. The van der Waals surface area contributed by atoms with Gasteiger partial charge in [0, 0.05) is 17.1 Å². The molecule has 0 fully saturated rings. The molecule has 0 spiro atoms. The van der Waals surface area contributed by atoms with Crippen LogP contribution in [0.3, 0.4) is 0 Å². The Morgan fingerprint density at radius 1 is 1.48 bits per heavy atom. The van der Waals surface area contributed by atoms with Crippen molar-refractivity contribution in [2.45, 2.75) is 18.4 Å². The molecule has 8 nitrogen and oxygen atoms in total. The number of nitro benzene ring substituents is 1. The second-order valence-electron chi connectivity index (χ2n) is 4.17. The third-order valence-electron chi connectivity index (χ3n) is 2.59. The predicted octanol–water partition coefficient (Wildman–Crippen LogP) is 1.42. The number of aryl methyl sites for hydroxylation is 1. The SMILES string of the molecule is Cc1cnc(CNS(=O)(=O)c2ccc([N+](=O)[O-])c(N)c2)s1. The number of rotatable bonds is 5. The van der Waals surface area contributed by atoms with Crippen molar-refractivity contribution in [3.63, 3.8) is 0 Å². The number of nitrogen functional groups attached to an aromatic ring is 1. The van der Waals surface area contributed by atoms with Crippen molar-refractivity contribution in [2.24, 2.45) is 0 Å². The Labute approximate surface area is 124 Å². The molecule has 0 saturated carbocycles. The first-order valence-corrected chi connectivity index (χ1v) is 8.04. The van der Waals surface area contributed by atoms with Gasteiger partial charge in [-0.1, -0.05) is 0 Å². The molecule has 1 aromatic carbocycles. The molecule has 0 radical (unpaired) electrons. The molecule has 0 amide bonds. The van der Waals surface area contributed by atoms with E-state index in [1.165, 1.54) is 11.3 Å². The number of nitro groups is 1. The normalized spacial score (nSPS) is 11.5. The van der Waals surface area contributed by atoms with Gasteiger partial charge in [0.05, 0.1) is 16.4 Å². The quantitative estimate of drug-likeness (QED) is 0.485. The number of sulfonamides is 1. The first-order valence-electron chi connectivity index (χ1n) is 5.74. The Morgan fingerprint density at radius 2 is 2.19 bits per heavy atom. The van der Waals surface area contributed by atoms with Gasteiger partial charge in [-0.25, -0.2) is 18.1 Å². The van der Waals surface area contributed by atoms with Crippen LogP contribution in [0.1, 0.15) is 9.88 Å². The standard InChI is InChI=1S/C11H12N4O4S2/c1-7-5-13-11(20-7)6-14-21(18,19)8-2-3-10(15(16)17)9(12)4-8/h2-5,14H,6,12H2,1H3. The Morgan fingerprint density at radius 3 is 2.71 bits per heavy atom. The highest BCUT2D eigenvalue weighted by molar-refractivity contribution is 7.89. The third-order valence-corrected chi connectivity index (χ3v) is 4.90. The van der Waals surface area contributed by atoms with Gasteiger partial charge in [-0.2, -0.15) is 0 Å². The van der Waals surface area contributed by atoms with E-state index < -0.39 is 14.9 Å². The molecule has 0 aliphatic heterocycles. The lowest BCUT2D eigenvalue weighted by Gasteiger charge is -2.06. The molecule has 2 aromatic rings. The summed E-state index contributed by atoms with van der Waals surface area (Å²) in [5.41, 5.74) is 4.96. The molecule has 3 N–H and O–H groups in total. The fraction of sp³-hybridized carbons (Fsp3) is 0.182. The van der Waals surface area contributed by atoms with E-state index in [0.29, 0.717) is 5.01 Å². The summed E-state index contributed by atoms with van der Waals surface area (Å²) in [4.78, 5) is 14.9. The number of hydrogen-bond donors (Lipinski definition) is 2. The third kappa shape index (κ3) is 3.54. The van der Waals surface area contributed by atoms with Crippen LogP contribution in [0.5, 0.6) is 0 Å². The van der Waals surface area contributed by atoms with E-state index in [4.69, 9.17) is 5.73 Å². The van der Waals surface area contributed by atoms with Crippen LogP contribution in [0.4, 0.5) is 11.4 Å². The highest BCUT2D eigenvalue weighted by Crippen LogP contribution is 2.24. The van der Waals surface area contributed by atoms with Crippen LogP contribution in [0, 0.1) is 17.0 Å². The maximum absolute atomic E-state index is 12.1. The Hall–Kier alpha value is -2.04. The van der Waals surface area contributed by atoms with Gasteiger partial charge in [0.25, 0.3) is 5.69 Å². The van der Waals surface area contributed by atoms with Crippen molar-refractivity contribution in [3.05, 3.63) is 44.4 Å². The van der Waals surface area contributed by atoms with E-state index in [-0.39, 0.29) is 22.8 Å². The van der Waals surface area contributed by atoms with Crippen LogP contribution in [-0.4, -0.2) is 18.3 Å². The topological polar surface area (TPSA) is 128 Å². The van der Waals surface area contributed by atoms with E-state index in [1.807, 2.05) is 6.92 Å². The molecule has 10 heteroatoms. The molecule has 1 heterocycles. The molecule has 112 valence electrons. The number of nitrogens with two attached hydrogens (primary N) is 1. The maximum Gasteiger partial charge on any atom is 0.292 e. The van der Waals surface area contributed by atoms with Crippen molar-refractivity contribution in [2.75, 3.05) is 5.73 Å². The van der Waals surface area contributed by atoms with Crippen LogP contribution in [0.15, 0.2) is 29.3 Å². The van der Waals surface area contributed by atoms with Gasteiger partial charge in [-0.3, -0.25) is 10.1 Å². The van der Waals surface area contributed by atoms with Crippen molar-refractivity contribution in [1.82, 2.24) is 9.71 Å². The van der Waals surface area contributed by atoms with Crippen LogP contribution >= 0.6 is 11.3 Å². The average molecular weight is 328 g/mol. The zero-order valence-corrected chi connectivity index (χ0v) is 12.6. The minimum atomic E-state index is -3.80. The zero-order valence-electron chi connectivity index (χ0n) is 10.9. The molecule has 0 unspecified atom stereocenters. The van der Waals surface area contributed by atoms with Gasteiger partial charge >= 0.3 is 0 Å². The minimum Gasteiger partial charge on any atom is -0.393 e. The fourth-order valence-electron chi connectivity index (χ4n) is 1.59. The molecule has 0 atom stereocenters. The zero-order chi connectivity index (χ0) is 15.6. The summed E-state index contributed by atoms with van der Waals surface area (Å²) >= 11 is 1.38. The molecule has 0 saturated heterocycles. The predicted molar refractivity (Wildman–Crippen MR) is 78.4 cm³/mol. The Bertz CT molecular complexity index is 785. The number of aromatic nitrogens is 1. The fourth-order valence-corrected chi connectivity index (χ4v) is 3.43. The lowest BCUT2D eigenvalue weighted by atomic mass is 10.3. The number of nitrogens with zero attached hydrogens (tertiary/aromatic N) is 2. The van der Waals surface area contributed by atoms with E-state index in [0.717, 1.165) is 23.1 Å². The number of hydrogen-bond acceptors (Lipinski definition) is 7. The summed E-state index contributed by atoms with van der Waals surface area (Å²) in [6.45, 7) is 1.92. The molecule has 2 rings (SSSR count). The smallest absolute Gasteiger partial charge is 0.292 e. The summed E-state index contributed by atoms with van der Waals surface area (Å²) in [6.07, 6.45) is 1.65. The molecular weight excluding hydrogens is 316 g/mol. The summed E-state index contributed by atoms with van der Waals surface area (Å²) < 4.78 is 26.5. The van der Waals surface area contributed by atoms with E-state index in [9.17, 15) is 18.5 Å². The lowest BCUT2D eigenvalue weighted by Crippen LogP contribution is -2.23. The largest absolute Gasteiger partial charge is 0.393 e. The van der Waals surface area contributed by atoms with Gasteiger partial charge in [0.1, 0.15) is 10.7 Å². The van der Waals surface area contributed by atoms with Crippen molar-refractivity contribution >= 4 is 32.7 Å². The van der Waals surface area contributed by atoms with Crippen molar-refractivity contribution in [3.8, 4) is 0 Å². The maximum atomic E-state index is 12.1. The Kier molecular flexibility index (Phi) is 4.21. The van der Waals surface area contributed by atoms with Crippen LogP contribution in [-0.2, 0) is 16.6 Å². The lowest BCUT2D eigenvalue weighted by molar-refractivity contribution is -0.383. The number of thiazole rings is 1. The number of benzene rings is 1. The van der Waals surface area contributed by atoms with Gasteiger partial charge in [-0.05, 0) is 19.1 Å². The van der Waals surface area contributed by atoms with E-state index in [1.54, 1.807) is 6.20 Å². The van der Waals surface area contributed by atoms with Crippen molar-refractivity contribution in [1.29, 1.82) is 0 Å². The second-order valence-corrected chi connectivity index (χ2v) is 7.25. The van der Waals surface area contributed by atoms with Crippen molar-refractivity contribution < 1.29 is 13.3 Å². The van der Waals surface area contributed by atoms with Crippen LogP contribution in [0.2, 0.25) is 0 Å². The van der Waals surface area contributed by atoms with Crippen LogP contribution < -0.4 is 10.5 Å². The van der Waals surface area contributed by atoms with Gasteiger partial charge in [-0.15, -0.1) is 11.3 Å². The highest BCUT2D eigenvalue weighted by atomic mass is 32.2. The van der Waals surface area contributed by atoms with Crippen LogP contribution in [0.25, 0.3) is 0 Å². The first kappa shape index (κ1) is 15.4. The number of nitrogens with one attached hydrogen (secondary N) is 1. The minimum absolute atomic E-state index is 0.0533. The molecular formula is C11H12N4O4S2. The van der Waals surface area contributed by atoms with E-state index in [2.05, 4.69) is 9.71 Å². The summed E-state index contributed by atoms with van der Waals surface area (Å²) in [5.74, 6) is 0. The van der Waals surface area contributed by atoms with Gasteiger partial charge in [0.2, 0.25) is 10.0 Å². The monoisotopic (exact) mass is 328 g/mol. The second kappa shape index (κ2) is 5.76.